The first kappa shape index (κ1) is 15.4. The zero-order chi connectivity index (χ0) is 12.6. The second-order valence-corrected chi connectivity index (χ2v) is 4.20. The van der Waals surface area contributed by atoms with Gasteiger partial charge in [0.2, 0.25) is 5.91 Å². The van der Waals surface area contributed by atoms with E-state index in [1.54, 1.807) is 0 Å². The predicted octanol–water partition coefficient (Wildman–Crippen LogP) is 1.25. The van der Waals surface area contributed by atoms with Crippen LogP contribution in [0.25, 0.3) is 0 Å². The van der Waals surface area contributed by atoms with E-state index in [1.807, 2.05) is 32.6 Å². The van der Waals surface area contributed by atoms with E-state index in [1.165, 1.54) is 0 Å². The summed E-state index contributed by atoms with van der Waals surface area (Å²) in [6.07, 6.45) is 0.771. The van der Waals surface area contributed by atoms with Crippen molar-refractivity contribution in [2.24, 2.45) is 11.1 Å². The minimum Gasteiger partial charge on any atom is -0.380 e. The van der Waals surface area contributed by atoms with E-state index in [-0.39, 0.29) is 5.91 Å². The number of ether oxygens (including phenoxy) is 1. The summed E-state index contributed by atoms with van der Waals surface area (Å²) in [7, 11) is 0. The van der Waals surface area contributed by atoms with Crippen LogP contribution < -0.4 is 5.73 Å². The Bertz CT molecular complexity index is 203. The Morgan fingerprint density at radius 2 is 2.00 bits per heavy atom. The maximum absolute atomic E-state index is 12.2. The second kappa shape index (κ2) is 7.63. The second-order valence-electron chi connectivity index (χ2n) is 4.20. The minimum absolute atomic E-state index is 0.139. The highest BCUT2D eigenvalue weighted by atomic mass is 16.5. The van der Waals surface area contributed by atoms with Gasteiger partial charge in [-0.1, -0.05) is 6.92 Å². The first-order valence-corrected chi connectivity index (χ1v) is 6.12. The molecule has 0 heterocycles. The quantitative estimate of drug-likeness (QED) is 0.638. The Hall–Kier alpha value is -0.610. The number of carbonyl (C=O) groups is 1. The van der Waals surface area contributed by atoms with E-state index in [9.17, 15) is 4.79 Å². The highest BCUT2D eigenvalue weighted by Crippen LogP contribution is 2.22. The van der Waals surface area contributed by atoms with E-state index in [4.69, 9.17) is 10.5 Å². The Morgan fingerprint density at radius 3 is 2.38 bits per heavy atom. The molecule has 1 unspecified atom stereocenters. The lowest BCUT2D eigenvalue weighted by atomic mass is 9.86. The van der Waals surface area contributed by atoms with E-state index in [2.05, 4.69) is 0 Å². The molecule has 0 aliphatic heterocycles. The van der Waals surface area contributed by atoms with Crippen molar-refractivity contribution in [2.45, 2.75) is 34.1 Å². The van der Waals surface area contributed by atoms with Gasteiger partial charge >= 0.3 is 0 Å². The van der Waals surface area contributed by atoms with Gasteiger partial charge in [-0.15, -0.1) is 0 Å². The number of hydrogen-bond donors (Lipinski definition) is 1. The lowest BCUT2D eigenvalue weighted by Crippen LogP contribution is -2.47. The molecular weight excluding hydrogens is 204 g/mol. The molecule has 0 aromatic carbocycles. The van der Waals surface area contributed by atoms with Gasteiger partial charge in [0.25, 0.3) is 0 Å². The summed E-state index contributed by atoms with van der Waals surface area (Å²) in [5, 5.41) is 0. The molecule has 0 aromatic heterocycles. The van der Waals surface area contributed by atoms with Gasteiger partial charge in [-0.05, 0) is 27.2 Å². The molecule has 1 amide bonds. The molecule has 4 nitrogen and oxygen atoms in total. The number of rotatable bonds is 8. The van der Waals surface area contributed by atoms with Gasteiger partial charge in [0.15, 0.2) is 0 Å². The van der Waals surface area contributed by atoms with Crippen molar-refractivity contribution in [2.75, 3.05) is 32.8 Å². The molecule has 1 atom stereocenters. The van der Waals surface area contributed by atoms with Crippen LogP contribution in [0.15, 0.2) is 0 Å². The molecule has 0 radical (unpaired) electrons. The van der Waals surface area contributed by atoms with Crippen molar-refractivity contribution in [3.63, 3.8) is 0 Å². The number of nitrogens with zero attached hydrogens (tertiary/aromatic N) is 1. The lowest BCUT2D eigenvalue weighted by Gasteiger charge is -2.32. The normalized spacial score (nSPS) is 14.6. The van der Waals surface area contributed by atoms with Crippen molar-refractivity contribution in [1.82, 2.24) is 4.90 Å². The first-order chi connectivity index (χ1) is 7.55. The van der Waals surface area contributed by atoms with E-state index in [0.29, 0.717) is 32.8 Å². The maximum Gasteiger partial charge on any atom is 0.229 e. The maximum atomic E-state index is 12.2. The Kier molecular flexibility index (Phi) is 7.34. The molecule has 4 heteroatoms. The van der Waals surface area contributed by atoms with Crippen LogP contribution in [0.5, 0.6) is 0 Å². The number of amides is 1. The average molecular weight is 230 g/mol. The minimum atomic E-state index is -0.428. The van der Waals surface area contributed by atoms with Gasteiger partial charge in [0.1, 0.15) is 0 Å². The van der Waals surface area contributed by atoms with Crippen LogP contribution in [-0.4, -0.2) is 43.7 Å². The molecule has 0 aliphatic rings. The first-order valence-electron chi connectivity index (χ1n) is 6.12. The third-order valence-corrected chi connectivity index (χ3v) is 3.13. The SMILES string of the molecule is CCOCCN(CC)C(=O)C(C)(CC)CN. The topological polar surface area (TPSA) is 55.6 Å². The molecule has 2 N–H and O–H groups in total. The summed E-state index contributed by atoms with van der Waals surface area (Å²) in [6, 6.07) is 0. The summed E-state index contributed by atoms with van der Waals surface area (Å²) >= 11 is 0. The summed E-state index contributed by atoms with van der Waals surface area (Å²) in [4.78, 5) is 14.1. The third kappa shape index (κ3) is 4.10. The zero-order valence-electron chi connectivity index (χ0n) is 11.1. The van der Waals surface area contributed by atoms with E-state index in [0.717, 1.165) is 6.42 Å². The van der Waals surface area contributed by atoms with Crippen molar-refractivity contribution in [3.05, 3.63) is 0 Å². The average Bonchev–Trinajstić information content (AvgIpc) is 2.33. The molecule has 0 fully saturated rings. The Morgan fingerprint density at radius 1 is 1.38 bits per heavy atom. The zero-order valence-corrected chi connectivity index (χ0v) is 11.1. The smallest absolute Gasteiger partial charge is 0.229 e. The lowest BCUT2D eigenvalue weighted by molar-refractivity contribution is -0.141. The molecular formula is C12H26N2O2. The molecule has 0 saturated heterocycles. The van der Waals surface area contributed by atoms with Gasteiger partial charge in [-0.2, -0.15) is 0 Å². The Labute approximate surface area is 99.1 Å². The van der Waals surface area contributed by atoms with Crippen LogP contribution in [-0.2, 0) is 9.53 Å². The molecule has 0 aromatic rings. The van der Waals surface area contributed by atoms with Crippen LogP contribution in [0.3, 0.4) is 0 Å². The highest BCUT2D eigenvalue weighted by molar-refractivity contribution is 5.82. The fraction of sp³-hybridized carbons (Fsp3) is 0.917. The third-order valence-electron chi connectivity index (χ3n) is 3.13. The van der Waals surface area contributed by atoms with Crippen molar-refractivity contribution < 1.29 is 9.53 Å². The van der Waals surface area contributed by atoms with Gasteiger partial charge in [0.05, 0.1) is 12.0 Å². The van der Waals surface area contributed by atoms with Crippen molar-refractivity contribution >= 4 is 5.91 Å². The molecule has 16 heavy (non-hydrogen) atoms. The van der Waals surface area contributed by atoms with Crippen LogP contribution >= 0.6 is 0 Å². The largest absolute Gasteiger partial charge is 0.380 e. The molecule has 0 rings (SSSR count). The number of carbonyl (C=O) groups excluding carboxylic acids is 1. The van der Waals surface area contributed by atoms with Gasteiger partial charge in [0, 0.05) is 26.2 Å². The van der Waals surface area contributed by atoms with Gasteiger partial charge in [-0.25, -0.2) is 0 Å². The monoisotopic (exact) mass is 230 g/mol. The summed E-state index contributed by atoms with van der Waals surface area (Å²) < 4.78 is 5.27. The molecule has 0 aliphatic carbocycles. The number of nitrogens with two attached hydrogens (primary N) is 1. The van der Waals surface area contributed by atoms with Gasteiger partial charge in [-0.3, -0.25) is 4.79 Å². The van der Waals surface area contributed by atoms with Crippen LogP contribution in [0.2, 0.25) is 0 Å². The fourth-order valence-corrected chi connectivity index (χ4v) is 1.49. The number of likely N-dealkylation sites (N-methyl/N-ethyl adjacent to an activating group) is 1. The molecule has 0 saturated carbocycles. The van der Waals surface area contributed by atoms with Crippen LogP contribution in [0.4, 0.5) is 0 Å². The summed E-state index contributed by atoms with van der Waals surface area (Å²) in [5.41, 5.74) is 5.26. The molecule has 0 bridgehead atoms. The summed E-state index contributed by atoms with van der Waals surface area (Å²) in [6.45, 7) is 10.9. The highest BCUT2D eigenvalue weighted by Gasteiger charge is 2.32. The van der Waals surface area contributed by atoms with Crippen molar-refractivity contribution in [1.29, 1.82) is 0 Å². The standard InChI is InChI=1S/C12H26N2O2/c1-5-12(4,10-13)11(15)14(6-2)8-9-16-7-3/h5-10,13H2,1-4H3. The van der Waals surface area contributed by atoms with Crippen molar-refractivity contribution in [3.8, 4) is 0 Å². The predicted molar refractivity (Wildman–Crippen MR) is 66.2 cm³/mol. The van der Waals surface area contributed by atoms with Gasteiger partial charge < -0.3 is 15.4 Å². The van der Waals surface area contributed by atoms with Crippen LogP contribution in [0.1, 0.15) is 34.1 Å². The fourth-order valence-electron chi connectivity index (χ4n) is 1.49. The molecule has 96 valence electrons. The number of hydrogen-bond acceptors (Lipinski definition) is 3. The van der Waals surface area contributed by atoms with E-state index < -0.39 is 5.41 Å². The summed E-state index contributed by atoms with van der Waals surface area (Å²) in [5.74, 6) is 0.139. The van der Waals surface area contributed by atoms with E-state index >= 15 is 0 Å². The Balaban J connectivity index is 4.39. The van der Waals surface area contributed by atoms with Crippen LogP contribution in [0, 0.1) is 5.41 Å². The molecule has 0 spiro atoms.